The quantitative estimate of drug-likeness (QED) is 0.438. The fraction of sp³-hybridized carbons (Fsp3) is 0.700. The molecule has 1 radical (unpaired) electrons. The molecule has 0 unspecified atom stereocenters. The summed E-state index contributed by atoms with van der Waals surface area (Å²) in [6, 6.07) is 0. The van der Waals surface area contributed by atoms with Crippen molar-refractivity contribution in [1.29, 1.82) is 0 Å². The molecule has 0 amide bonds. The summed E-state index contributed by atoms with van der Waals surface area (Å²) in [7, 11) is 0. The zero-order valence-corrected chi connectivity index (χ0v) is 7.94. The van der Waals surface area contributed by atoms with Gasteiger partial charge < -0.3 is 4.74 Å². The van der Waals surface area contributed by atoms with Gasteiger partial charge in [0.25, 0.3) is 0 Å². The van der Waals surface area contributed by atoms with E-state index in [0.717, 1.165) is 26.1 Å². The van der Waals surface area contributed by atoms with Gasteiger partial charge in [0.2, 0.25) is 0 Å². The summed E-state index contributed by atoms with van der Waals surface area (Å²) < 4.78 is 5.31. The molecular weight excluding hydrogens is 136 g/mol. The van der Waals surface area contributed by atoms with Gasteiger partial charge in [-0.15, -0.1) is 0 Å². The summed E-state index contributed by atoms with van der Waals surface area (Å²) in [6.07, 6.45) is 1.93. The van der Waals surface area contributed by atoms with Gasteiger partial charge in [0.05, 0.1) is 6.61 Å². The molecule has 11 heavy (non-hydrogen) atoms. The van der Waals surface area contributed by atoms with Crippen LogP contribution in [-0.4, -0.2) is 13.2 Å². The molecule has 0 saturated heterocycles. The van der Waals surface area contributed by atoms with Gasteiger partial charge in [-0.05, 0) is 33.6 Å². The summed E-state index contributed by atoms with van der Waals surface area (Å²) in [4.78, 5) is 0. The molecule has 1 heteroatoms. The Kier molecular flexibility index (Phi) is 6.24. The number of hydrogen-bond donors (Lipinski definition) is 0. The second-order valence-corrected chi connectivity index (χ2v) is 3.00. The van der Waals surface area contributed by atoms with E-state index in [2.05, 4.69) is 27.7 Å². The molecule has 0 rings (SSSR count). The van der Waals surface area contributed by atoms with Crippen molar-refractivity contribution in [2.45, 2.75) is 33.6 Å². The van der Waals surface area contributed by atoms with E-state index >= 15 is 0 Å². The van der Waals surface area contributed by atoms with Gasteiger partial charge in [0.15, 0.2) is 0 Å². The van der Waals surface area contributed by atoms with E-state index < -0.39 is 0 Å². The van der Waals surface area contributed by atoms with E-state index in [9.17, 15) is 0 Å². The van der Waals surface area contributed by atoms with Crippen molar-refractivity contribution in [1.82, 2.24) is 0 Å². The molecule has 0 bridgehead atoms. The van der Waals surface area contributed by atoms with Crippen LogP contribution in [0.5, 0.6) is 0 Å². The molecule has 0 heterocycles. The van der Waals surface area contributed by atoms with Crippen LogP contribution in [0.2, 0.25) is 0 Å². The summed E-state index contributed by atoms with van der Waals surface area (Å²) >= 11 is 0. The molecule has 0 saturated carbocycles. The summed E-state index contributed by atoms with van der Waals surface area (Å²) in [5, 5.41) is 0. The molecular formula is C10H19O. The summed E-state index contributed by atoms with van der Waals surface area (Å²) in [5.74, 6) is 0. The Labute approximate surface area is 70.4 Å². The number of allylic oxidation sites excluding steroid dienone is 1. The third-order valence-electron chi connectivity index (χ3n) is 1.76. The van der Waals surface area contributed by atoms with Crippen LogP contribution < -0.4 is 0 Å². The zero-order chi connectivity index (χ0) is 8.69. The molecule has 0 aromatic rings. The third kappa shape index (κ3) is 6.11. The van der Waals surface area contributed by atoms with Gasteiger partial charge in [-0.25, -0.2) is 0 Å². The molecule has 0 aromatic heterocycles. The highest BCUT2D eigenvalue weighted by molar-refractivity contribution is 5.06. The van der Waals surface area contributed by atoms with Crippen molar-refractivity contribution in [2.75, 3.05) is 13.2 Å². The third-order valence-corrected chi connectivity index (χ3v) is 1.76. The van der Waals surface area contributed by atoms with E-state index in [4.69, 9.17) is 4.74 Å². The zero-order valence-electron chi connectivity index (χ0n) is 7.94. The maximum Gasteiger partial charge on any atom is 0.0503 e. The van der Waals surface area contributed by atoms with Crippen LogP contribution in [0.4, 0.5) is 0 Å². The van der Waals surface area contributed by atoms with E-state index in [1.165, 1.54) is 11.1 Å². The predicted octanol–water partition coefficient (Wildman–Crippen LogP) is 2.97. The highest BCUT2D eigenvalue weighted by Crippen LogP contribution is 2.06. The maximum absolute atomic E-state index is 5.31. The number of hydrogen-bond acceptors (Lipinski definition) is 1. The minimum atomic E-state index is 0.788. The highest BCUT2D eigenvalue weighted by Gasteiger charge is 1.91. The Morgan fingerprint density at radius 1 is 1.18 bits per heavy atom. The molecule has 0 aliphatic rings. The summed E-state index contributed by atoms with van der Waals surface area (Å²) in [6.45, 7) is 11.8. The minimum absolute atomic E-state index is 0.788. The largest absolute Gasteiger partial charge is 0.381 e. The van der Waals surface area contributed by atoms with Crippen LogP contribution in [0, 0.1) is 6.92 Å². The van der Waals surface area contributed by atoms with Crippen molar-refractivity contribution in [3.8, 4) is 0 Å². The monoisotopic (exact) mass is 155 g/mol. The predicted molar refractivity (Wildman–Crippen MR) is 49.5 cm³/mol. The Hall–Kier alpha value is -0.300. The second kappa shape index (κ2) is 6.41. The number of rotatable bonds is 5. The first kappa shape index (κ1) is 10.7. The molecule has 1 nitrogen and oxygen atoms in total. The molecule has 0 aliphatic heterocycles. The van der Waals surface area contributed by atoms with Gasteiger partial charge in [-0.1, -0.05) is 18.1 Å². The standard InChI is InChI=1S/C10H19O/c1-5-7-11-8-6-10(4)9(2)3/h1,5-8H2,2-4H3. The Morgan fingerprint density at radius 3 is 2.27 bits per heavy atom. The van der Waals surface area contributed by atoms with Crippen LogP contribution in [0.15, 0.2) is 11.1 Å². The minimum Gasteiger partial charge on any atom is -0.381 e. The van der Waals surface area contributed by atoms with Crippen molar-refractivity contribution in [3.63, 3.8) is 0 Å². The van der Waals surface area contributed by atoms with Crippen LogP contribution in [-0.2, 0) is 4.74 Å². The fourth-order valence-electron chi connectivity index (χ4n) is 0.679. The van der Waals surface area contributed by atoms with Gasteiger partial charge in [-0.3, -0.25) is 0 Å². The normalized spacial score (nSPS) is 9.82. The molecule has 0 aliphatic carbocycles. The van der Waals surface area contributed by atoms with Crippen LogP contribution >= 0.6 is 0 Å². The second-order valence-electron chi connectivity index (χ2n) is 3.00. The smallest absolute Gasteiger partial charge is 0.0503 e. The molecule has 0 spiro atoms. The Balaban J connectivity index is 3.32. The maximum atomic E-state index is 5.31. The lowest BCUT2D eigenvalue weighted by molar-refractivity contribution is 0.141. The van der Waals surface area contributed by atoms with Crippen LogP contribution in [0.25, 0.3) is 0 Å². The molecule has 0 fully saturated rings. The van der Waals surface area contributed by atoms with Gasteiger partial charge in [-0.2, -0.15) is 0 Å². The molecule has 0 N–H and O–H groups in total. The fourth-order valence-corrected chi connectivity index (χ4v) is 0.679. The first-order chi connectivity index (χ1) is 5.18. The van der Waals surface area contributed by atoms with Crippen molar-refractivity contribution in [3.05, 3.63) is 18.1 Å². The van der Waals surface area contributed by atoms with Gasteiger partial charge in [0, 0.05) is 6.61 Å². The van der Waals surface area contributed by atoms with Crippen molar-refractivity contribution >= 4 is 0 Å². The summed E-state index contributed by atoms with van der Waals surface area (Å²) in [5.41, 5.74) is 2.84. The lowest BCUT2D eigenvalue weighted by Crippen LogP contribution is -1.96. The molecule has 65 valence electrons. The van der Waals surface area contributed by atoms with Crippen LogP contribution in [0.1, 0.15) is 33.6 Å². The average molecular weight is 155 g/mol. The Bertz CT molecular complexity index is 121. The van der Waals surface area contributed by atoms with Gasteiger partial charge in [0.1, 0.15) is 0 Å². The van der Waals surface area contributed by atoms with E-state index in [1.54, 1.807) is 0 Å². The van der Waals surface area contributed by atoms with Crippen molar-refractivity contribution < 1.29 is 4.74 Å². The van der Waals surface area contributed by atoms with Crippen molar-refractivity contribution in [2.24, 2.45) is 0 Å². The first-order valence-corrected chi connectivity index (χ1v) is 4.18. The molecule has 0 aromatic carbocycles. The lowest BCUT2D eigenvalue weighted by Gasteiger charge is -2.04. The van der Waals surface area contributed by atoms with Gasteiger partial charge >= 0.3 is 0 Å². The topological polar surface area (TPSA) is 9.23 Å². The van der Waals surface area contributed by atoms with Crippen LogP contribution in [0.3, 0.4) is 0 Å². The van der Waals surface area contributed by atoms with E-state index in [-0.39, 0.29) is 0 Å². The van der Waals surface area contributed by atoms with E-state index in [1.807, 2.05) is 0 Å². The van der Waals surface area contributed by atoms with E-state index in [0.29, 0.717) is 0 Å². The first-order valence-electron chi connectivity index (χ1n) is 4.18. The molecule has 0 atom stereocenters. The highest BCUT2D eigenvalue weighted by atomic mass is 16.5. The average Bonchev–Trinajstić information content (AvgIpc) is 1.97. The lowest BCUT2D eigenvalue weighted by atomic mass is 10.1. The Morgan fingerprint density at radius 2 is 1.82 bits per heavy atom. The SMILES string of the molecule is [CH2]CCOCCC(C)=C(C)C. The number of ether oxygens (including phenoxy) is 1.